The monoisotopic (exact) mass is 244 g/mol. The van der Waals surface area contributed by atoms with Gasteiger partial charge >= 0.3 is 0 Å². The van der Waals surface area contributed by atoms with E-state index in [1.54, 1.807) is 0 Å². The van der Waals surface area contributed by atoms with Crippen LogP contribution in [0.2, 0.25) is 0 Å². The minimum Gasteiger partial charge on any atom is -0.490 e. The Bertz CT molecular complexity index is 502. The number of hydrogen-bond acceptors (Lipinski definition) is 3. The molecule has 18 heavy (non-hydrogen) atoms. The van der Waals surface area contributed by atoms with E-state index in [9.17, 15) is 4.79 Å². The first-order valence-electron chi connectivity index (χ1n) is 6.48. The van der Waals surface area contributed by atoms with Gasteiger partial charge in [-0.1, -0.05) is 6.08 Å². The lowest BCUT2D eigenvalue weighted by Gasteiger charge is -2.09. The summed E-state index contributed by atoms with van der Waals surface area (Å²) in [7, 11) is 0. The molecule has 0 N–H and O–H groups in total. The van der Waals surface area contributed by atoms with Crippen LogP contribution in [0.25, 0.3) is 0 Å². The van der Waals surface area contributed by atoms with Crippen LogP contribution in [0.15, 0.2) is 29.8 Å². The Balaban J connectivity index is 1.89. The second-order valence-electron chi connectivity index (χ2n) is 4.66. The van der Waals surface area contributed by atoms with E-state index in [0.29, 0.717) is 24.5 Å². The first-order chi connectivity index (χ1) is 8.84. The molecule has 0 atom stereocenters. The molecule has 1 aromatic carbocycles. The molecule has 0 saturated carbocycles. The largest absolute Gasteiger partial charge is 0.490 e. The van der Waals surface area contributed by atoms with E-state index < -0.39 is 0 Å². The van der Waals surface area contributed by atoms with Crippen molar-refractivity contribution in [3.63, 3.8) is 0 Å². The molecule has 94 valence electrons. The molecule has 3 nitrogen and oxygen atoms in total. The number of Topliss-reactive ketones (excluding diaryl/α,β-unsaturated/α-hetero) is 1. The lowest BCUT2D eigenvalue weighted by atomic mass is 10.0. The highest BCUT2D eigenvalue weighted by atomic mass is 16.5. The smallest absolute Gasteiger partial charge is 0.188 e. The van der Waals surface area contributed by atoms with Gasteiger partial charge in [-0.25, -0.2) is 0 Å². The van der Waals surface area contributed by atoms with Gasteiger partial charge in [0.1, 0.15) is 0 Å². The van der Waals surface area contributed by atoms with Crippen LogP contribution < -0.4 is 9.47 Å². The Hall–Kier alpha value is -1.77. The highest BCUT2D eigenvalue weighted by Gasteiger charge is 2.18. The second kappa shape index (κ2) is 4.84. The highest BCUT2D eigenvalue weighted by Crippen LogP contribution is 2.32. The number of ketones is 1. The summed E-state index contributed by atoms with van der Waals surface area (Å²) in [6.07, 6.45) is 5.93. The lowest BCUT2D eigenvalue weighted by Crippen LogP contribution is -2.02. The molecule has 0 saturated heterocycles. The van der Waals surface area contributed by atoms with Crippen LogP contribution in [-0.2, 0) is 0 Å². The second-order valence-corrected chi connectivity index (χ2v) is 4.66. The SMILES string of the molecule is O=C(C1=CCCC1)c1ccc2c(c1)OCCCO2. The normalized spacial score (nSPS) is 18.1. The Labute approximate surface area is 106 Å². The molecule has 0 unspecified atom stereocenters. The van der Waals surface area contributed by atoms with Gasteiger partial charge in [0.15, 0.2) is 17.3 Å². The zero-order chi connectivity index (χ0) is 12.4. The van der Waals surface area contributed by atoms with E-state index in [0.717, 1.165) is 37.0 Å². The van der Waals surface area contributed by atoms with Crippen molar-refractivity contribution < 1.29 is 14.3 Å². The van der Waals surface area contributed by atoms with Crippen LogP contribution in [0.4, 0.5) is 0 Å². The van der Waals surface area contributed by atoms with Gasteiger partial charge in [0.25, 0.3) is 0 Å². The van der Waals surface area contributed by atoms with Crippen molar-refractivity contribution in [2.24, 2.45) is 0 Å². The fourth-order valence-electron chi connectivity index (χ4n) is 2.37. The van der Waals surface area contributed by atoms with Gasteiger partial charge in [-0.3, -0.25) is 4.79 Å². The first kappa shape index (κ1) is 11.3. The van der Waals surface area contributed by atoms with E-state index >= 15 is 0 Å². The molecule has 0 amide bonds. The summed E-state index contributed by atoms with van der Waals surface area (Å²) in [5, 5.41) is 0. The molecular weight excluding hydrogens is 228 g/mol. The first-order valence-corrected chi connectivity index (χ1v) is 6.48. The van der Waals surface area contributed by atoms with Gasteiger partial charge in [-0.15, -0.1) is 0 Å². The zero-order valence-corrected chi connectivity index (χ0v) is 10.3. The number of rotatable bonds is 2. The number of allylic oxidation sites excluding steroid dienone is 2. The van der Waals surface area contributed by atoms with Crippen molar-refractivity contribution >= 4 is 5.78 Å². The molecule has 3 rings (SSSR count). The summed E-state index contributed by atoms with van der Waals surface area (Å²) in [6.45, 7) is 1.32. The number of carbonyl (C=O) groups excluding carboxylic acids is 1. The van der Waals surface area contributed by atoms with Crippen molar-refractivity contribution in [2.45, 2.75) is 25.7 Å². The topological polar surface area (TPSA) is 35.5 Å². The molecule has 0 spiro atoms. The Morgan fingerprint density at radius 3 is 2.67 bits per heavy atom. The van der Waals surface area contributed by atoms with Crippen LogP contribution >= 0.6 is 0 Å². The number of ether oxygens (including phenoxy) is 2. The fraction of sp³-hybridized carbons (Fsp3) is 0.400. The predicted molar refractivity (Wildman–Crippen MR) is 68.3 cm³/mol. The zero-order valence-electron chi connectivity index (χ0n) is 10.3. The molecule has 2 aliphatic rings. The maximum Gasteiger partial charge on any atom is 0.188 e. The van der Waals surface area contributed by atoms with Crippen LogP contribution in [0, 0.1) is 0 Å². The third-order valence-electron chi connectivity index (χ3n) is 3.34. The van der Waals surface area contributed by atoms with E-state index in [-0.39, 0.29) is 5.78 Å². The van der Waals surface area contributed by atoms with E-state index in [2.05, 4.69) is 0 Å². The Morgan fingerprint density at radius 2 is 1.89 bits per heavy atom. The molecule has 1 aliphatic carbocycles. The number of fused-ring (bicyclic) bond motifs is 1. The summed E-state index contributed by atoms with van der Waals surface area (Å²) < 4.78 is 11.2. The van der Waals surface area contributed by atoms with Crippen LogP contribution in [0.5, 0.6) is 11.5 Å². The van der Waals surface area contributed by atoms with Gasteiger partial charge in [0, 0.05) is 12.0 Å². The van der Waals surface area contributed by atoms with E-state index in [4.69, 9.17) is 9.47 Å². The summed E-state index contributed by atoms with van der Waals surface area (Å²) >= 11 is 0. The molecule has 1 heterocycles. The number of carbonyl (C=O) groups is 1. The molecule has 0 bridgehead atoms. The minimum absolute atomic E-state index is 0.128. The highest BCUT2D eigenvalue weighted by molar-refractivity contribution is 6.09. The third-order valence-corrected chi connectivity index (χ3v) is 3.34. The number of hydrogen-bond donors (Lipinski definition) is 0. The average molecular weight is 244 g/mol. The van der Waals surface area contributed by atoms with Crippen molar-refractivity contribution in [3.05, 3.63) is 35.4 Å². The van der Waals surface area contributed by atoms with Crippen molar-refractivity contribution in [1.29, 1.82) is 0 Å². The summed E-state index contributed by atoms with van der Waals surface area (Å²) in [5.41, 5.74) is 1.64. The lowest BCUT2D eigenvalue weighted by molar-refractivity contribution is 0.103. The molecule has 1 aliphatic heterocycles. The standard InChI is InChI=1S/C15H16O3/c16-15(11-4-1-2-5-11)12-6-7-13-14(10-12)18-9-3-8-17-13/h4,6-7,10H,1-3,5,8-9H2. The van der Waals surface area contributed by atoms with Crippen molar-refractivity contribution in [1.82, 2.24) is 0 Å². The Kier molecular flexibility index (Phi) is 3.05. The minimum atomic E-state index is 0.128. The molecule has 1 aromatic rings. The van der Waals surface area contributed by atoms with Crippen molar-refractivity contribution in [2.75, 3.05) is 13.2 Å². The summed E-state index contributed by atoms with van der Waals surface area (Å²) in [6, 6.07) is 5.47. The molecule has 3 heteroatoms. The van der Waals surface area contributed by atoms with E-state index in [1.807, 2.05) is 24.3 Å². The van der Waals surface area contributed by atoms with Gasteiger partial charge in [-0.05, 0) is 43.0 Å². The van der Waals surface area contributed by atoms with Crippen LogP contribution in [0.3, 0.4) is 0 Å². The van der Waals surface area contributed by atoms with Gasteiger partial charge < -0.3 is 9.47 Å². The molecular formula is C15H16O3. The number of benzene rings is 1. The summed E-state index contributed by atoms with van der Waals surface area (Å²) in [5.74, 6) is 1.56. The van der Waals surface area contributed by atoms with Gasteiger partial charge in [-0.2, -0.15) is 0 Å². The third kappa shape index (κ3) is 2.13. The summed E-state index contributed by atoms with van der Waals surface area (Å²) in [4.78, 5) is 12.3. The maximum atomic E-state index is 12.3. The molecule has 0 aromatic heterocycles. The molecule has 0 radical (unpaired) electrons. The van der Waals surface area contributed by atoms with E-state index in [1.165, 1.54) is 0 Å². The van der Waals surface area contributed by atoms with Crippen LogP contribution in [-0.4, -0.2) is 19.0 Å². The average Bonchev–Trinajstić information content (AvgIpc) is 2.83. The van der Waals surface area contributed by atoms with Crippen LogP contribution in [0.1, 0.15) is 36.0 Å². The predicted octanol–water partition coefficient (Wildman–Crippen LogP) is 3.14. The molecule has 0 fully saturated rings. The van der Waals surface area contributed by atoms with Crippen molar-refractivity contribution in [3.8, 4) is 11.5 Å². The maximum absolute atomic E-state index is 12.3. The van der Waals surface area contributed by atoms with Gasteiger partial charge in [0.05, 0.1) is 13.2 Å². The Morgan fingerprint density at radius 1 is 1.06 bits per heavy atom. The quantitative estimate of drug-likeness (QED) is 0.750. The fourth-order valence-corrected chi connectivity index (χ4v) is 2.37. The van der Waals surface area contributed by atoms with Gasteiger partial charge in [0.2, 0.25) is 0 Å².